The number of hydrogen-bond acceptors (Lipinski definition) is 4. The number of nitrogens with zero attached hydrogens (tertiary/aromatic N) is 2. The van der Waals surface area contributed by atoms with E-state index in [-0.39, 0.29) is 11.7 Å². The lowest BCUT2D eigenvalue weighted by Crippen LogP contribution is -2.31. The Bertz CT molecular complexity index is 684. The van der Waals surface area contributed by atoms with E-state index in [2.05, 4.69) is 4.98 Å². The monoisotopic (exact) mass is 306 g/mol. The second-order valence-electron chi connectivity index (χ2n) is 4.42. The molecule has 1 unspecified atom stereocenters. The smallest absolute Gasteiger partial charge is 0.243 e. The van der Waals surface area contributed by atoms with Gasteiger partial charge in [-0.15, -0.1) is 11.3 Å². The second kappa shape index (κ2) is 5.00. The Morgan fingerprint density at radius 2 is 2.35 bits per heavy atom. The zero-order valence-corrected chi connectivity index (χ0v) is 12.2. The number of carbonyl (C=O) groups excluding carboxylic acids is 2. The molecule has 2 aromatic rings. The van der Waals surface area contributed by atoms with Gasteiger partial charge in [-0.1, -0.05) is 17.7 Å². The Kier molecular flexibility index (Phi) is 3.31. The lowest BCUT2D eigenvalue weighted by atomic mass is 9.96. The van der Waals surface area contributed by atoms with Gasteiger partial charge in [0, 0.05) is 18.3 Å². The molecule has 0 radical (unpaired) electrons. The van der Waals surface area contributed by atoms with Gasteiger partial charge in [0.15, 0.2) is 5.78 Å². The first-order valence-electron chi connectivity index (χ1n) is 6.18. The highest BCUT2D eigenvalue weighted by atomic mass is 35.5. The number of hydrogen-bond donors (Lipinski definition) is 0. The van der Waals surface area contributed by atoms with Crippen molar-refractivity contribution in [2.24, 2.45) is 0 Å². The van der Waals surface area contributed by atoms with Crippen LogP contribution in [0, 0.1) is 0 Å². The molecular formula is C14H11ClN2O2S. The Balaban J connectivity index is 2.11. The van der Waals surface area contributed by atoms with E-state index in [1.54, 1.807) is 18.2 Å². The molecule has 0 saturated heterocycles. The van der Waals surface area contributed by atoms with Gasteiger partial charge >= 0.3 is 0 Å². The highest BCUT2D eigenvalue weighted by Gasteiger charge is 2.42. The van der Waals surface area contributed by atoms with Gasteiger partial charge in [0.25, 0.3) is 0 Å². The normalized spacial score (nSPS) is 17.4. The first-order valence-corrected chi connectivity index (χ1v) is 7.43. The molecule has 1 amide bonds. The van der Waals surface area contributed by atoms with Crippen molar-refractivity contribution >= 4 is 40.4 Å². The van der Waals surface area contributed by atoms with E-state index in [9.17, 15) is 9.59 Å². The van der Waals surface area contributed by atoms with Gasteiger partial charge in [0.1, 0.15) is 11.7 Å². The summed E-state index contributed by atoms with van der Waals surface area (Å²) < 4.78 is 0. The Morgan fingerprint density at radius 3 is 3.00 bits per heavy atom. The third-order valence-corrected chi connectivity index (χ3v) is 4.37. The Hall–Kier alpha value is -1.72. The summed E-state index contributed by atoms with van der Waals surface area (Å²) in [6.07, 6.45) is 1.49. The van der Waals surface area contributed by atoms with Crippen LogP contribution in [0.1, 0.15) is 28.1 Å². The summed E-state index contributed by atoms with van der Waals surface area (Å²) in [5.41, 5.74) is 0.600. The average Bonchev–Trinajstić information content (AvgIpc) is 3.03. The van der Waals surface area contributed by atoms with Crippen LogP contribution in [-0.2, 0) is 4.79 Å². The van der Waals surface area contributed by atoms with Gasteiger partial charge in [-0.25, -0.2) is 4.98 Å². The average molecular weight is 307 g/mol. The van der Waals surface area contributed by atoms with E-state index in [0.29, 0.717) is 27.8 Å². The van der Waals surface area contributed by atoms with Crippen LogP contribution in [0.3, 0.4) is 0 Å². The van der Waals surface area contributed by atoms with Crippen molar-refractivity contribution in [3.63, 3.8) is 0 Å². The van der Waals surface area contributed by atoms with Gasteiger partial charge < -0.3 is 0 Å². The van der Waals surface area contributed by atoms with Crippen LogP contribution in [0.2, 0.25) is 5.02 Å². The molecule has 1 aliphatic rings. The molecular weight excluding hydrogens is 296 g/mol. The third-order valence-electron chi connectivity index (χ3n) is 3.28. The van der Waals surface area contributed by atoms with Crippen molar-refractivity contribution in [2.45, 2.75) is 12.8 Å². The summed E-state index contributed by atoms with van der Waals surface area (Å²) in [5.74, 6) is -0.700. The van der Waals surface area contributed by atoms with E-state index in [1.165, 1.54) is 22.4 Å². The van der Waals surface area contributed by atoms with Crippen LogP contribution in [0.4, 0.5) is 5.82 Å². The van der Waals surface area contributed by atoms with Gasteiger partial charge in [-0.3, -0.25) is 14.5 Å². The number of Topliss-reactive ketones (excluding diaryl/α,β-unsaturated/α-hetero) is 1. The minimum Gasteiger partial charge on any atom is -0.296 e. The summed E-state index contributed by atoms with van der Waals surface area (Å²) >= 11 is 7.29. The van der Waals surface area contributed by atoms with Crippen molar-refractivity contribution in [1.29, 1.82) is 0 Å². The molecule has 3 heterocycles. The van der Waals surface area contributed by atoms with Crippen molar-refractivity contribution in [3.8, 4) is 0 Å². The van der Waals surface area contributed by atoms with E-state index in [0.717, 1.165) is 0 Å². The molecule has 3 rings (SSSR count). The number of likely N-dealkylation sites (N-methyl/N-ethyl adjacent to an activating group) is 1. The van der Waals surface area contributed by atoms with Crippen LogP contribution < -0.4 is 4.90 Å². The number of amides is 1. The summed E-state index contributed by atoms with van der Waals surface area (Å²) in [6.45, 7) is 2.34. The maximum Gasteiger partial charge on any atom is 0.243 e. The first-order chi connectivity index (χ1) is 9.63. The maximum absolute atomic E-state index is 12.5. The summed E-state index contributed by atoms with van der Waals surface area (Å²) in [6, 6.07) is 5.19. The number of fused-ring (bicyclic) bond motifs is 1. The first kappa shape index (κ1) is 13.3. The zero-order valence-electron chi connectivity index (χ0n) is 10.7. The van der Waals surface area contributed by atoms with E-state index in [4.69, 9.17) is 11.6 Å². The zero-order chi connectivity index (χ0) is 14.3. The van der Waals surface area contributed by atoms with Crippen LogP contribution in [0.5, 0.6) is 0 Å². The maximum atomic E-state index is 12.5. The van der Waals surface area contributed by atoms with Gasteiger partial charge in [-0.05, 0) is 24.4 Å². The molecule has 1 aliphatic heterocycles. The largest absolute Gasteiger partial charge is 0.296 e. The Morgan fingerprint density at radius 1 is 1.55 bits per heavy atom. The van der Waals surface area contributed by atoms with Crippen LogP contribution in [0.25, 0.3) is 0 Å². The van der Waals surface area contributed by atoms with E-state index >= 15 is 0 Å². The predicted molar refractivity (Wildman–Crippen MR) is 78.7 cm³/mol. The number of aromatic nitrogens is 1. The lowest BCUT2D eigenvalue weighted by Gasteiger charge is -2.13. The third kappa shape index (κ3) is 1.94. The number of ketones is 1. The Labute approximate surface area is 125 Å². The SMILES string of the molecule is CCN1C(=O)C(C(=O)c2cccs2)c2cc(Cl)cnc21. The van der Waals surface area contributed by atoms with Gasteiger partial charge in [0.05, 0.1) is 9.90 Å². The molecule has 0 fully saturated rings. The number of rotatable bonds is 3. The standard InChI is InChI=1S/C14H11ClN2O2S/c1-2-17-13-9(6-8(15)7-16-13)11(14(17)19)12(18)10-4-3-5-20-10/h3-7,11H,2H2,1H3. The van der Waals surface area contributed by atoms with Crippen molar-refractivity contribution < 1.29 is 9.59 Å². The molecule has 1 atom stereocenters. The highest BCUT2D eigenvalue weighted by Crippen LogP contribution is 2.39. The van der Waals surface area contributed by atoms with Crippen molar-refractivity contribution in [1.82, 2.24) is 4.98 Å². The number of halogens is 1. The van der Waals surface area contributed by atoms with Gasteiger partial charge in [-0.2, -0.15) is 0 Å². The highest BCUT2D eigenvalue weighted by molar-refractivity contribution is 7.12. The molecule has 6 heteroatoms. The summed E-state index contributed by atoms with van der Waals surface area (Å²) in [7, 11) is 0. The molecule has 0 spiro atoms. The molecule has 0 N–H and O–H groups in total. The second-order valence-corrected chi connectivity index (χ2v) is 5.81. The topological polar surface area (TPSA) is 50.3 Å². The minimum absolute atomic E-state index is 0.189. The fourth-order valence-electron chi connectivity index (χ4n) is 2.40. The summed E-state index contributed by atoms with van der Waals surface area (Å²) in [4.78, 5) is 31.3. The van der Waals surface area contributed by atoms with E-state index < -0.39 is 5.92 Å². The van der Waals surface area contributed by atoms with Crippen LogP contribution >= 0.6 is 22.9 Å². The molecule has 0 aromatic carbocycles. The summed E-state index contributed by atoms with van der Waals surface area (Å²) in [5, 5.41) is 2.25. The number of pyridine rings is 1. The van der Waals surface area contributed by atoms with Crippen molar-refractivity contribution in [2.75, 3.05) is 11.4 Å². The number of thiophene rings is 1. The molecule has 0 bridgehead atoms. The van der Waals surface area contributed by atoms with Crippen LogP contribution in [-0.4, -0.2) is 23.2 Å². The molecule has 20 heavy (non-hydrogen) atoms. The molecule has 102 valence electrons. The minimum atomic E-state index is -0.824. The van der Waals surface area contributed by atoms with Gasteiger partial charge in [0.2, 0.25) is 5.91 Å². The molecule has 4 nitrogen and oxygen atoms in total. The number of anilines is 1. The lowest BCUT2D eigenvalue weighted by molar-refractivity contribution is -0.118. The fourth-order valence-corrected chi connectivity index (χ4v) is 3.26. The van der Waals surface area contributed by atoms with E-state index in [1.807, 2.05) is 12.3 Å². The predicted octanol–water partition coefficient (Wildman–Crippen LogP) is 3.13. The number of carbonyl (C=O) groups is 2. The fraction of sp³-hybridized carbons (Fsp3) is 0.214. The molecule has 2 aromatic heterocycles. The molecule has 0 saturated carbocycles. The quantitative estimate of drug-likeness (QED) is 0.646. The van der Waals surface area contributed by atoms with Crippen LogP contribution in [0.15, 0.2) is 29.8 Å². The molecule has 0 aliphatic carbocycles. The van der Waals surface area contributed by atoms with Crippen molar-refractivity contribution in [3.05, 3.63) is 45.2 Å².